The van der Waals surface area contributed by atoms with Crippen LogP contribution in [-0.4, -0.2) is 31.5 Å². The molecule has 0 aliphatic carbocycles. The van der Waals surface area contributed by atoms with Gasteiger partial charge in [0, 0.05) is 33.4 Å². The topological polar surface area (TPSA) is 71.2 Å². The van der Waals surface area contributed by atoms with Crippen molar-refractivity contribution in [2.75, 3.05) is 25.5 Å². The Balaban J connectivity index is 2.75. The zero-order valence-electron chi connectivity index (χ0n) is 10.6. The van der Waals surface area contributed by atoms with E-state index in [0.717, 1.165) is 11.4 Å². The van der Waals surface area contributed by atoms with Gasteiger partial charge in [-0.05, 0) is 12.1 Å². The molecule has 0 aliphatic heterocycles. The van der Waals surface area contributed by atoms with Gasteiger partial charge in [0.25, 0.3) is 0 Å². The molecule has 1 rings (SSSR count). The van der Waals surface area contributed by atoms with E-state index >= 15 is 0 Å². The van der Waals surface area contributed by atoms with Crippen LogP contribution in [0, 0.1) is 5.92 Å². The lowest BCUT2D eigenvalue weighted by Crippen LogP contribution is -2.34. The second-order valence-electron chi connectivity index (χ2n) is 4.07. The minimum absolute atomic E-state index is 0.0371. The molecule has 1 heterocycles. The lowest BCUT2D eigenvalue weighted by Gasteiger charge is -2.24. The lowest BCUT2D eigenvalue weighted by atomic mass is 10.1. The van der Waals surface area contributed by atoms with Crippen molar-refractivity contribution in [3.8, 4) is 0 Å². The zero-order chi connectivity index (χ0) is 12.8. The van der Waals surface area contributed by atoms with Crippen LogP contribution in [0.2, 0.25) is 0 Å². The lowest BCUT2D eigenvalue weighted by molar-refractivity contribution is -0.123. The minimum atomic E-state index is -0.0733. The maximum absolute atomic E-state index is 11.5. The van der Waals surface area contributed by atoms with Gasteiger partial charge in [-0.15, -0.1) is 0 Å². The fraction of sp³-hybridized carbons (Fsp3) is 0.500. The molecule has 0 spiro atoms. The molecule has 5 heteroatoms. The molecule has 94 valence electrons. The highest BCUT2D eigenvalue weighted by molar-refractivity contribution is 5.78. The van der Waals surface area contributed by atoms with E-state index in [4.69, 9.17) is 5.73 Å². The minimum Gasteiger partial charge on any atom is -0.372 e. The normalized spacial score (nSPS) is 12.0. The van der Waals surface area contributed by atoms with E-state index in [2.05, 4.69) is 10.3 Å². The molecule has 1 aromatic rings. The van der Waals surface area contributed by atoms with E-state index in [9.17, 15) is 4.79 Å². The predicted molar refractivity (Wildman–Crippen MR) is 68.6 cm³/mol. The van der Waals surface area contributed by atoms with Crippen molar-refractivity contribution in [1.82, 2.24) is 10.3 Å². The van der Waals surface area contributed by atoms with Gasteiger partial charge < -0.3 is 16.0 Å². The Bertz CT molecular complexity index is 381. The first-order chi connectivity index (χ1) is 8.10. The summed E-state index contributed by atoms with van der Waals surface area (Å²) >= 11 is 0. The van der Waals surface area contributed by atoms with E-state index in [-0.39, 0.29) is 11.8 Å². The van der Waals surface area contributed by atoms with Crippen LogP contribution in [0.25, 0.3) is 0 Å². The molecule has 1 amide bonds. The van der Waals surface area contributed by atoms with Gasteiger partial charge in [0.1, 0.15) is 0 Å². The number of anilines is 1. The second-order valence-corrected chi connectivity index (χ2v) is 4.07. The maximum atomic E-state index is 11.5. The summed E-state index contributed by atoms with van der Waals surface area (Å²) in [5.41, 5.74) is 7.46. The molecule has 1 atom stereocenters. The van der Waals surface area contributed by atoms with Gasteiger partial charge in [-0.25, -0.2) is 0 Å². The van der Waals surface area contributed by atoms with Gasteiger partial charge in [-0.1, -0.05) is 6.92 Å². The van der Waals surface area contributed by atoms with E-state index in [0.29, 0.717) is 13.1 Å². The van der Waals surface area contributed by atoms with Crippen molar-refractivity contribution in [3.63, 3.8) is 0 Å². The summed E-state index contributed by atoms with van der Waals surface area (Å²) in [4.78, 5) is 17.7. The molecule has 0 radical (unpaired) electrons. The highest BCUT2D eigenvalue weighted by Crippen LogP contribution is 2.17. The Morgan fingerprint density at radius 1 is 1.65 bits per heavy atom. The summed E-state index contributed by atoms with van der Waals surface area (Å²) in [7, 11) is 3.59. The number of pyridine rings is 1. The molecule has 5 nitrogen and oxygen atoms in total. The number of hydrogen-bond donors (Lipinski definition) is 2. The van der Waals surface area contributed by atoms with Crippen molar-refractivity contribution < 1.29 is 4.79 Å². The van der Waals surface area contributed by atoms with E-state index in [1.807, 2.05) is 31.0 Å². The second kappa shape index (κ2) is 6.20. The summed E-state index contributed by atoms with van der Waals surface area (Å²) in [5.74, 6) is -0.0362. The van der Waals surface area contributed by atoms with Crippen molar-refractivity contribution in [2.24, 2.45) is 11.7 Å². The SMILES string of the molecule is CNC(=O)C(C)CN(C)c1cccnc1CN. The molecule has 0 bridgehead atoms. The largest absolute Gasteiger partial charge is 0.372 e. The van der Waals surface area contributed by atoms with Crippen LogP contribution in [0.4, 0.5) is 5.69 Å². The third-order valence-electron chi connectivity index (χ3n) is 2.71. The molecular formula is C12H20N4O. The fourth-order valence-electron chi connectivity index (χ4n) is 1.77. The van der Waals surface area contributed by atoms with Gasteiger partial charge >= 0.3 is 0 Å². The number of nitrogens with two attached hydrogens (primary N) is 1. The number of hydrogen-bond acceptors (Lipinski definition) is 4. The third-order valence-corrected chi connectivity index (χ3v) is 2.71. The number of carbonyl (C=O) groups excluding carboxylic acids is 1. The van der Waals surface area contributed by atoms with Crippen molar-refractivity contribution in [1.29, 1.82) is 0 Å². The Labute approximate surface area is 102 Å². The number of rotatable bonds is 5. The Hall–Kier alpha value is -1.62. The molecule has 1 aromatic heterocycles. The first-order valence-electron chi connectivity index (χ1n) is 5.66. The van der Waals surface area contributed by atoms with Gasteiger partial charge in [-0.3, -0.25) is 9.78 Å². The number of nitrogens with one attached hydrogen (secondary N) is 1. The van der Waals surface area contributed by atoms with Crippen LogP contribution in [0.5, 0.6) is 0 Å². The van der Waals surface area contributed by atoms with Gasteiger partial charge in [0.15, 0.2) is 0 Å². The van der Waals surface area contributed by atoms with Gasteiger partial charge in [0.2, 0.25) is 5.91 Å². The van der Waals surface area contributed by atoms with Gasteiger partial charge in [0.05, 0.1) is 17.3 Å². The number of aromatic nitrogens is 1. The first kappa shape index (κ1) is 13.4. The number of carbonyl (C=O) groups is 1. The summed E-state index contributed by atoms with van der Waals surface area (Å²) in [6.07, 6.45) is 1.72. The van der Waals surface area contributed by atoms with Crippen LogP contribution in [-0.2, 0) is 11.3 Å². The van der Waals surface area contributed by atoms with E-state index in [1.54, 1.807) is 13.2 Å². The summed E-state index contributed by atoms with van der Waals surface area (Å²) in [6.45, 7) is 2.93. The number of nitrogens with zero attached hydrogens (tertiary/aromatic N) is 2. The molecule has 0 fully saturated rings. The van der Waals surface area contributed by atoms with Crippen LogP contribution >= 0.6 is 0 Å². The molecule has 0 saturated carbocycles. The third kappa shape index (κ3) is 3.42. The molecular weight excluding hydrogens is 216 g/mol. The smallest absolute Gasteiger partial charge is 0.224 e. The predicted octanol–water partition coefficient (Wildman–Crippen LogP) is 0.359. The highest BCUT2D eigenvalue weighted by atomic mass is 16.1. The van der Waals surface area contributed by atoms with E-state index in [1.165, 1.54) is 0 Å². The van der Waals surface area contributed by atoms with Crippen molar-refractivity contribution in [2.45, 2.75) is 13.5 Å². The Kier molecular flexibility index (Phi) is 4.90. The summed E-state index contributed by atoms with van der Waals surface area (Å²) < 4.78 is 0. The van der Waals surface area contributed by atoms with Crippen LogP contribution in [0.3, 0.4) is 0 Å². The average Bonchev–Trinajstić information content (AvgIpc) is 2.37. The van der Waals surface area contributed by atoms with Crippen LogP contribution in [0.1, 0.15) is 12.6 Å². The summed E-state index contributed by atoms with van der Waals surface area (Å²) in [5, 5.41) is 2.64. The standard InChI is InChI=1S/C12H20N4O/c1-9(12(17)14-2)8-16(3)11-5-4-6-15-10(11)7-13/h4-6,9H,7-8,13H2,1-3H3,(H,14,17). The zero-order valence-corrected chi connectivity index (χ0v) is 10.6. The first-order valence-corrected chi connectivity index (χ1v) is 5.66. The summed E-state index contributed by atoms with van der Waals surface area (Å²) in [6, 6.07) is 3.83. The van der Waals surface area contributed by atoms with Crippen LogP contribution in [0.15, 0.2) is 18.3 Å². The molecule has 0 aromatic carbocycles. The average molecular weight is 236 g/mol. The van der Waals surface area contributed by atoms with Gasteiger partial charge in [-0.2, -0.15) is 0 Å². The molecule has 0 aliphatic rings. The molecule has 3 N–H and O–H groups in total. The Morgan fingerprint density at radius 2 is 2.35 bits per heavy atom. The van der Waals surface area contributed by atoms with Crippen LogP contribution < -0.4 is 16.0 Å². The maximum Gasteiger partial charge on any atom is 0.224 e. The Morgan fingerprint density at radius 3 is 2.94 bits per heavy atom. The monoisotopic (exact) mass is 236 g/mol. The molecule has 1 unspecified atom stereocenters. The quantitative estimate of drug-likeness (QED) is 0.774. The molecule has 17 heavy (non-hydrogen) atoms. The van der Waals surface area contributed by atoms with Crippen molar-refractivity contribution in [3.05, 3.63) is 24.0 Å². The molecule has 0 saturated heterocycles. The van der Waals surface area contributed by atoms with E-state index < -0.39 is 0 Å². The fourth-order valence-corrected chi connectivity index (χ4v) is 1.77. The highest BCUT2D eigenvalue weighted by Gasteiger charge is 2.15. The van der Waals surface area contributed by atoms with Crippen molar-refractivity contribution >= 4 is 11.6 Å². The number of amides is 1.